The Bertz CT molecular complexity index is 3340. The smallest absolute Gasteiger partial charge is 0.0789 e. The molecule has 0 radical (unpaired) electrons. The van der Waals surface area contributed by atoms with Crippen LogP contribution in [0.3, 0.4) is 0 Å². The van der Waals surface area contributed by atoms with Gasteiger partial charge in [0, 0.05) is 38.2 Å². The molecule has 1 aliphatic rings. The summed E-state index contributed by atoms with van der Waals surface area (Å²) in [5.74, 6) is 0. The highest BCUT2D eigenvalue weighted by Gasteiger charge is 2.46. The van der Waals surface area contributed by atoms with E-state index in [1.807, 2.05) is 0 Å². The Morgan fingerprint density at radius 1 is 0.379 bits per heavy atom. The molecule has 1 aliphatic carbocycles. The minimum Gasteiger partial charge on any atom is -0.309 e. The van der Waals surface area contributed by atoms with Gasteiger partial charge in [0.1, 0.15) is 0 Å². The Labute approximate surface area is 336 Å². The summed E-state index contributed by atoms with van der Waals surface area (Å²) in [7, 11) is 0. The monoisotopic (exact) mass is 736 g/mol. The van der Waals surface area contributed by atoms with Crippen LogP contribution in [0.5, 0.6) is 0 Å². The molecule has 2 heterocycles. The van der Waals surface area contributed by atoms with Gasteiger partial charge >= 0.3 is 0 Å². The lowest BCUT2D eigenvalue weighted by Gasteiger charge is -2.34. The first-order chi connectivity index (χ1) is 28.8. The molecule has 0 bridgehead atoms. The predicted molar refractivity (Wildman–Crippen MR) is 242 cm³/mol. The second-order valence-electron chi connectivity index (χ2n) is 15.4. The van der Waals surface area contributed by atoms with Gasteiger partial charge in [0.15, 0.2) is 0 Å². The Balaban J connectivity index is 1.10. The van der Waals surface area contributed by atoms with Crippen molar-refractivity contribution in [3.05, 3.63) is 241 Å². The molecule has 11 aromatic rings. The SMILES string of the molecule is c1ccc(-n2c3ccccc3c3ccc4c(-c5cccc(-c6ccc7c(c6)C(c6ccccc6)(c6ccccc6)c6ccccc6-7)c5)nc5ccccc5c4c32)cc1. The lowest BCUT2D eigenvalue weighted by Crippen LogP contribution is -2.28. The van der Waals surface area contributed by atoms with Crippen molar-refractivity contribution < 1.29 is 0 Å². The first-order valence-corrected chi connectivity index (χ1v) is 20.1. The topological polar surface area (TPSA) is 17.8 Å². The lowest BCUT2D eigenvalue weighted by molar-refractivity contribution is 0.769. The molecular formula is C56H36N2. The summed E-state index contributed by atoms with van der Waals surface area (Å²) in [5.41, 5.74) is 16.2. The fourth-order valence-electron chi connectivity index (χ4n) is 10.0. The van der Waals surface area contributed by atoms with E-state index < -0.39 is 5.41 Å². The third kappa shape index (κ3) is 4.63. The van der Waals surface area contributed by atoms with Crippen LogP contribution in [0.25, 0.3) is 82.7 Å². The highest BCUT2D eigenvalue weighted by molar-refractivity contribution is 6.27. The summed E-state index contributed by atoms with van der Waals surface area (Å²) >= 11 is 0. The van der Waals surface area contributed by atoms with Gasteiger partial charge in [-0.15, -0.1) is 0 Å². The molecule has 0 spiro atoms. The van der Waals surface area contributed by atoms with Crippen molar-refractivity contribution in [2.45, 2.75) is 5.41 Å². The number of para-hydroxylation sites is 3. The van der Waals surface area contributed by atoms with E-state index in [1.165, 1.54) is 66.1 Å². The summed E-state index contributed by atoms with van der Waals surface area (Å²) in [6, 6.07) is 79.8. The fourth-order valence-corrected chi connectivity index (χ4v) is 10.0. The standard InChI is InChI=1S/C56H36N2/c1-4-19-40(20-5-1)56(41-21-6-2-7-22-41)49-28-13-10-25-43(49)44-32-31-38(36-50(44)56)37-17-16-18-39(35-37)54-48-34-33-46-45-26-12-15-30-52(45)58(42-23-8-3-9-24-42)55(46)53(48)47-27-11-14-29-51(47)57-54/h1-36H. The first kappa shape index (κ1) is 32.7. The maximum absolute atomic E-state index is 5.45. The number of benzene rings is 9. The van der Waals surface area contributed by atoms with Crippen molar-refractivity contribution in [3.63, 3.8) is 0 Å². The molecule has 9 aromatic carbocycles. The third-order valence-electron chi connectivity index (χ3n) is 12.4. The summed E-state index contributed by atoms with van der Waals surface area (Å²) < 4.78 is 2.44. The third-order valence-corrected chi connectivity index (χ3v) is 12.4. The summed E-state index contributed by atoms with van der Waals surface area (Å²) in [6.07, 6.45) is 0. The molecule has 2 aromatic heterocycles. The van der Waals surface area contributed by atoms with Crippen LogP contribution in [0, 0.1) is 0 Å². The van der Waals surface area contributed by atoms with Crippen LogP contribution in [0.1, 0.15) is 22.3 Å². The zero-order chi connectivity index (χ0) is 38.2. The van der Waals surface area contributed by atoms with Gasteiger partial charge in [-0.2, -0.15) is 0 Å². The van der Waals surface area contributed by atoms with Crippen LogP contribution in [0.4, 0.5) is 0 Å². The Morgan fingerprint density at radius 2 is 0.983 bits per heavy atom. The minimum absolute atomic E-state index is 0.458. The van der Waals surface area contributed by atoms with Gasteiger partial charge < -0.3 is 4.57 Å². The van der Waals surface area contributed by atoms with Crippen LogP contribution in [-0.4, -0.2) is 9.55 Å². The molecule has 2 heteroatoms. The zero-order valence-electron chi connectivity index (χ0n) is 31.7. The zero-order valence-corrected chi connectivity index (χ0v) is 31.7. The molecule has 58 heavy (non-hydrogen) atoms. The number of aromatic nitrogens is 2. The van der Waals surface area contributed by atoms with Crippen LogP contribution >= 0.6 is 0 Å². The predicted octanol–water partition coefficient (Wildman–Crippen LogP) is 14.2. The normalized spacial score (nSPS) is 13.0. The molecule has 0 N–H and O–H groups in total. The van der Waals surface area contributed by atoms with Crippen LogP contribution in [0.2, 0.25) is 0 Å². The van der Waals surface area contributed by atoms with E-state index >= 15 is 0 Å². The van der Waals surface area contributed by atoms with Gasteiger partial charge in [0.2, 0.25) is 0 Å². The van der Waals surface area contributed by atoms with Crippen molar-refractivity contribution in [2.24, 2.45) is 0 Å². The molecule has 0 amide bonds. The highest BCUT2D eigenvalue weighted by Crippen LogP contribution is 2.56. The molecular weight excluding hydrogens is 701 g/mol. The largest absolute Gasteiger partial charge is 0.309 e. The summed E-state index contributed by atoms with van der Waals surface area (Å²) in [4.78, 5) is 5.45. The van der Waals surface area contributed by atoms with E-state index in [-0.39, 0.29) is 0 Å². The number of hydrogen-bond acceptors (Lipinski definition) is 1. The van der Waals surface area contributed by atoms with E-state index in [0.29, 0.717) is 0 Å². The molecule has 12 rings (SSSR count). The van der Waals surface area contributed by atoms with Gasteiger partial charge in [-0.3, -0.25) is 0 Å². The molecule has 0 saturated carbocycles. The van der Waals surface area contributed by atoms with Crippen molar-refractivity contribution in [1.82, 2.24) is 9.55 Å². The van der Waals surface area contributed by atoms with Gasteiger partial charge in [-0.1, -0.05) is 182 Å². The van der Waals surface area contributed by atoms with E-state index in [4.69, 9.17) is 4.98 Å². The number of nitrogens with zero attached hydrogens (tertiary/aromatic N) is 2. The summed E-state index contributed by atoms with van der Waals surface area (Å²) in [6.45, 7) is 0. The molecule has 0 aliphatic heterocycles. The highest BCUT2D eigenvalue weighted by atomic mass is 15.0. The maximum Gasteiger partial charge on any atom is 0.0789 e. The molecule has 0 saturated heterocycles. The number of hydrogen-bond donors (Lipinski definition) is 0. The van der Waals surface area contributed by atoms with Gasteiger partial charge in [-0.25, -0.2) is 4.98 Å². The molecule has 0 unspecified atom stereocenters. The van der Waals surface area contributed by atoms with E-state index in [2.05, 4.69) is 223 Å². The first-order valence-electron chi connectivity index (χ1n) is 20.1. The van der Waals surface area contributed by atoms with E-state index in [9.17, 15) is 0 Å². The van der Waals surface area contributed by atoms with Gasteiger partial charge in [-0.05, 0) is 80.9 Å². The second kappa shape index (κ2) is 12.7. The molecule has 0 fully saturated rings. The Morgan fingerprint density at radius 3 is 1.78 bits per heavy atom. The average Bonchev–Trinajstić information content (AvgIpc) is 3.80. The molecule has 0 atom stereocenters. The van der Waals surface area contributed by atoms with E-state index in [0.717, 1.165) is 38.8 Å². The van der Waals surface area contributed by atoms with Gasteiger partial charge in [0.05, 0.1) is 27.7 Å². The van der Waals surface area contributed by atoms with Crippen LogP contribution < -0.4 is 0 Å². The van der Waals surface area contributed by atoms with E-state index in [1.54, 1.807) is 0 Å². The van der Waals surface area contributed by atoms with Crippen molar-refractivity contribution in [2.75, 3.05) is 0 Å². The summed E-state index contributed by atoms with van der Waals surface area (Å²) in [5, 5.41) is 5.99. The maximum atomic E-state index is 5.45. The average molecular weight is 737 g/mol. The Hall–Kier alpha value is -7.55. The Kier molecular flexibility index (Phi) is 7.18. The molecule has 2 nitrogen and oxygen atoms in total. The van der Waals surface area contributed by atoms with Crippen LogP contribution in [0.15, 0.2) is 218 Å². The second-order valence-corrected chi connectivity index (χ2v) is 15.4. The van der Waals surface area contributed by atoms with Crippen molar-refractivity contribution in [3.8, 4) is 39.2 Å². The number of fused-ring (bicyclic) bond motifs is 10. The fraction of sp³-hybridized carbons (Fsp3) is 0.0179. The van der Waals surface area contributed by atoms with Crippen LogP contribution in [-0.2, 0) is 5.41 Å². The number of rotatable bonds is 5. The van der Waals surface area contributed by atoms with Gasteiger partial charge in [0.25, 0.3) is 0 Å². The number of pyridine rings is 1. The quantitative estimate of drug-likeness (QED) is 0.161. The molecule has 270 valence electrons. The van der Waals surface area contributed by atoms with Crippen molar-refractivity contribution >= 4 is 43.5 Å². The lowest BCUT2D eigenvalue weighted by atomic mass is 9.67. The van der Waals surface area contributed by atoms with Crippen molar-refractivity contribution in [1.29, 1.82) is 0 Å². The minimum atomic E-state index is -0.458.